The predicted octanol–water partition coefficient (Wildman–Crippen LogP) is 0.666. The first-order valence-corrected chi connectivity index (χ1v) is 6.75. The molecule has 4 nitrogen and oxygen atoms in total. The van der Waals surface area contributed by atoms with Crippen LogP contribution in [0.2, 0.25) is 0 Å². The van der Waals surface area contributed by atoms with Crippen molar-refractivity contribution in [1.29, 1.82) is 0 Å². The van der Waals surface area contributed by atoms with Gasteiger partial charge in [0.2, 0.25) is 5.91 Å². The summed E-state index contributed by atoms with van der Waals surface area (Å²) in [6.45, 7) is 9.88. The average Bonchev–Trinajstić information content (AvgIpc) is 2.23. The Labute approximate surface area is 104 Å². The lowest BCUT2D eigenvalue weighted by Crippen LogP contribution is -2.64. The Bertz CT molecular complexity index is 297. The summed E-state index contributed by atoms with van der Waals surface area (Å²) < 4.78 is 0. The standard InChI is InChI=1S/C13H25N3O/c1-4-15-5-6-16(13(2,3)12(15)17)9-10-7-11(14)8-10/h10-11H,4-9,14H2,1-3H3. The average molecular weight is 239 g/mol. The highest BCUT2D eigenvalue weighted by atomic mass is 16.2. The Morgan fingerprint density at radius 1 is 1.35 bits per heavy atom. The van der Waals surface area contributed by atoms with Crippen molar-refractivity contribution in [3.63, 3.8) is 0 Å². The lowest BCUT2D eigenvalue weighted by atomic mass is 9.79. The molecule has 1 saturated carbocycles. The fourth-order valence-electron chi connectivity index (χ4n) is 3.01. The molecule has 1 saturated heterocycles. The molecule has 0 atom stereocenters. The third-order valence-electron chi connectivity index (χ3n) is 4.37. The van der Waals surface area contributed by atoms with Gasteiger partial charge in [-0.3, -0.25) is 9.69 Å². The minimum atomic E-state index is -0.339. The summed E-state index contributed by atoms with van der Waals surface area (Å²) in [6, 6.07) is 0.399. The van der Waals surface area contributed by atoms with Crippen LogP contribution in [-0.4, -0.2) is 53.5 Å². The largest absolute Gasteiger partial charge is 0.340 e. The molecule has 1 aliphatic carbocycles. The van der Waals surface area contributed by atoms with E-state index in [1.807, 2.05) is 4.90 Å². The number of nitrogens with two attached hydrogens (primary N) is 1. The van der Waals surface area contributed by atoms with Crippen LogP contribution in [0.4, 0.5) is 0 Å². The van der Waals surface area contributed by atoms with Gasteiger partial charge in [-0.25, -0.2) is 0 Å². The van der Waals surface area contributed by atoms with E-state index in [1.54, 1.807) is 0 Å². The van der Waals surface area contributed by atoms with E-state index in [-0.39, 0.29) is 11.4 Å². The van der Waals surface area contributed by atoms with Gasteiger partial charge >= 0.3 is 0 Å². The molecule has 0 aromatic rings. The van der Waals surface area contributed by atoms with E-state index in [2.05, 4.69) is 25.7 Å². The number of amides is 1. The number of likely N-dealkylation sites (N-methyl/N-ethyl adjacent to an activating group) is 1. The van der Waals surface area contributed by atoms with Gasteiger partial charge in [0.25, 0.3) is 0 Å². The molecule has 1 heterocycles. The molecule has 98 valence electrons. The van der Waals surface area contributed by atoms with Crippen molar-refractivity contribution in [3.05, 3.63) is 0 Å². The van der Waals surface area contributed by atoms with Crippen LogP contribution in [-0.2, 0) is 4.79 Å². The first-order valence-electron chi connectivity index (χ1n) is 6.75. The SMILES string of the molecule is CCN1CCN(CC2CC(N)C2)C(C)(C)C1=O. The Balaban J connectivity index is 1.96. The Morgan fingerprint density at radius 2 is 2.00 bits per heavy atom. The van der Waals surface area contributed by atoms with Crippen molar-refractivity contribution < 1.29 is 4.79 Å². The first kappa shape index (κ1) is 12.8. The maximum absolute atomic E-state index is 12.3. The maximum atomic E-state index is 12.3. The molecule has 1 aliphatic heterocycles. The second-order valence-corrected chi connectivity index (χ2v) is 5.99. The number of rotatable bonds is 3. The monoisotopic (exact) mass is 239 g/mol. The smallest absolute Gasteiger partial charge is 0.242 e. The molecule has 0 radical (unpaired) electrons. The highest BCUT2D eigenvalue weighted by Crippen LogP contribution is 2.30. The van der Waals surface area contributed by atoms with Gasteiger partial charge in [-0.2, -0.15) is 0 Å². The van der Waals surface area contributed by atoms with Gasteiger partial charge in [0.15, 0.2) is 0 Å². The zero-order valence-electron chi connectivity index (χ0n) is 11.3. The van der Waals surface area contributed by atoms with Crippen LogP contribution in [0.15, 0.2) is 0 Å². The number of hydrogen-bond acceptors (Lipinski definition) is 3. The summed E-state index contributed by atoms with van der Waals surface area (Å²) in [5.74, 6) is 0.972. The molecule has 2 rings (SSSR count). The number of carbonyl (C=O) groups excluding carboxylic acids is 1. The minimum Gasteiger partial charge on any atom is -0.340 e. The number of carbonyl (C=O) groups is 1. The van der Waals surface area contributed by atoms with Crippen molar-refractivity contribution in [3.8, 4) is 0 Å². The van der Waals surface area contributed by atoms with Gasteiger partial charge in [-0.15, -0.1) is 0 Å². The topological polar surface area (TPSA) is 49.6 Å². The summed E-state index contributed by atoms with van der Waals surface area (Å²) >= 11 is 0. The van der Waals surface area contributed by atoms with E-state index in [1.165, 1.54) is 0 Å². The van der Waals surface area contributed by atoms with Crippen molar-refractivity contribution in [2.45, 2.75) is 45.2 Å². The molecule has 0 bridgehead atoms. The van der Waals surface area contributed by atoms with Crippen LogP contribution in [0.3, 0.4) is 0 Å². The molecule has 0 aromatic heterocycles. The summed E-state index contributed by atoms with van der Waals surface area (Å²) in [7, 11) is 0. The van der Waals surface area contributed by atoms with Crippen molar-refractivity contribution in [1.82, 2.24) is 9.80 Å². The fourth-order valence-corrected chi connectivity index (χ4v) is 3.01. The third-order valence-corrected chi connectivity index (χ3v) is 4.37. The molecule has 0 aromatic carbocycles. The molecular weight excluding hydrogens is 214 g/mol. The molecule has 2 N–H and O–H groups in total. The van der Waals surface area contributed by atoms with Crippen LogP contribution >= 0.6 is 0 Å². The van der Waals surface area contributed by atoms with E-state index in [9.17, 15) is 4.79 Å². The molecule has 2 aliphatic rings. The van der Waals surface area contributed by atoms with Gasteiger partial charge in [-0.05, 0) is 39.5 Å². The zero-order valence-corrected chi connectivity index (χ0v) is 11.3. The second-order valence-electron chi connectivity index (χ2n) is 5.99. The lowest BCUT2D eigenvalue weighted by molar-refractivity contribution is -0.149. The van der Waals surface area contributed by atoms with Gasteiger partial charge in [0.1, 0.15) is 0 Å². The Kier molecular flexibility index (Phi) is 3.46. The van der Waals surface area contributed by atoms with Crippen molar-refractivity contribution >= 4 is 5.91 Å². The quantitative estimate of drug-likeness (QED) is 0.787. The molecule has 17 heavy (non-hydrogen) atoms. The van der Waals surface area contributed by atoms with Crippen LogP contribution < -0.4 is 5.73 Å². The molecule has 4 heteroatoms. The highest BCUT2D eigenvalue weighted by molar-refractivity contribution is 5.86. The van der Waals surface area contributed by atoms with Gasteiger partial charge in [0, 0.05) is 32.2 Å². The normalized spacial score (nSPS) is 33.6. The summed E-state index contributed by atoms with van der Waals surface area (Å²) in [6.07, 6.45) is 2.25. The first-order chi connectivity index (χ1) is 7.95. The fraction of sp³-hybridized carbons (Fsp3) is 0.923. The van der Waals surface area contributed by atoms with E-state index in [0.29, 0.717) is 12.0 Å². The number of nitrogens with zero attached hydrogens (tertiary/aromatic N) is 2. The molecule has 0 unspecified atom stereocenters. The van der Waals surface area contributed by atoms with Crippen LogP contribution in [0.5, 0.6) is 0 Å². The van der Waals surface area contributed by atoms with Crippen LogP contribution in [0, 0.1) is 5.92 Å². The van der Waals surface area contributed by atoms with Crippen molar-refractivity contribution in [2.75, 3.05) is 26.2 Å². The van der Waals surface area contributed by atoms with E-state index in [0.717, 1.165) is 39.0 Å². The molecule has 0 spiro atoms. The lowest BCUT2D eigenvalue weighted by Gasteiger charge is -2.48. The highest BCUT2D eigenvalue weighted by Gasteiger charge is 2.42. The molecule has 2 fully saturated rings. The third kappa shape index (κ3) is 2.33. The number of piperazine rings is 1. The van der Waals surface area contributed by atoms with Gasteiger partial charge in [-0.1, -0.05) is 0 Å². The number of hydrogen-bond donors (Lipinski definition) is 1. The minimum absolute atomic E-state index is 0.273. The molecule has 1 amide bonds. The van der Waals surface area contributed by atoms with E-state index < -0.39 is 0 Å². The maximum Gasteiger partial charge on any atom is 0.242 e. The van der Waals surface area contributed by atoms with E-state index >= 15 is 0 Å². The van der Waals surface area contributed by atoms with Gasteiger partial charge in [0.05, 0.1) is 5.54 Å². The van der Waals surface area contributed by atoms with Crippen LogP contribution in [0.25, 0.3) is 0 Å². The van der Waals surface area contributed by atoms with Crippen molar-refractivity contribution in [2.24, 2.45) is 11.7 Å². The summed E-state index contributed by atoms with van der Waals surface area (Å²) in [5, 5.41) is 0. The predicted molar refractivity (Wildman–Crippen MR) is 68.6 cm³/mol. The summed E-state index contributed by atoms with van der Waals surface area (Å²) in [5.41, 5.74) is 5.48. The van der Waals surface area contributed by atoms with E-state index in [4.69, 9.17) is 5.73 Å². The Morgan fingerprint density at radius 3 is 2.53 bits per heavy atom. The second kappa shape index (κ2) is 4.58. The van der Waals surface area contributed by atoms with Crippen LogP contribution in [0.1, 0.15) is 33.6 Å². The molecular formula is C13H25N3O. The Hall–Kier alpha value is -0.610. The zero-order chi connectivity index (χ0) is 12.6. The summed E-state index contributed by atoms with van der Waals surface area (Å²) in [4.78, 5) is 16.6. The van der Waals surface area contributed by atoms with Gasteiger partial charge < -0.3 is 10.6 Å².